The van der Waals surface area contributed by atoms with E-state index >= 15 is 0 Å². The molecular formula is C23H29N3O2. The Morgan fingerprint density at radius 2 is 1.93 bits per heavy atom. The molecule has 1 atom stereocenters. The van der Waals surface area contributed by atoms with E-state index in [1.807, 2.05) is 11.8 Å². The molecule has 2 aliphatic heterocycles. The zero-order valence-electron chi connectivity index (χ0n) is 16.6. The molecular weight excluding hydrogens is 350 g/mol. The fraction of sp³-hybridized carbons (Fsp3) is 0.565. The smallest absolute Gasteiger partial charge is 0.276 e. The summed E-state index contributed by atoms with van der Waals surface area (Å²) in [6, 6.07) is 13.6. The van der Waals surface area contributed by atoms with E-state index in [1.165, 1.54) is 37.9 Å². The van der Waals surface area contributed by atoms with Crippen LogP contribution < -0.4 is 0 Å². The van der Waals surface area contributed by atoms with Crippen molar-refractivity contribution in [2.75, 3.05) is 26.2 Å². The van der Waals surface area contributed by atoms with E-state index in [9.17, 15) is 4.79 Å². The van der Waals surface area contributed by atoms with Crippen LogP contribution in [0.25, 0.3) is 0 Å². The van der Waals surface area contributed by atoms with Crippen molar-refractivity contribution < 1.29 is 9.32 Å². The second-order valence-corrected chi connectivity index (χ2v) is 9.09. The molecule has 2 aromatic rings. The predicted molar refractivity (Wildman–Crippen MR) is 107 cm³/mol. The Morgan fingerprint density at radius 3 is 2.57 bits per heavy atom. The first-order valence-corrected chi connectivity index (χ1v) is 10.6. The number of likely N-dealkylation sites (tertiary alicyclic amines) is 2. The molecule has 28 heavy (non-hydrogen) atoms. The quantitative estimate of drug-likeness (QED) is 0.813. The molecule has 1 saturated carbocycles. The third kappa shape index (κ3) is 3.48. The Bertz CT molecular complexity index is 835. The van der Waals surface area contributed by atoms with Crippen molar-refractivity contribution in [3.8, 4) is 0 Å². The fourth-order valence-corrected chi connectivity index (χ4v) is 5.27. The van der Waals surface area contributed by atoms with Gasteiger partial charge in [0.1, 0.15) is 5.76 Å². The van der Waals surface area contributed by atoms with Gasteiger partial charge in [-0.1, -0.05) is 35.5 Å². The Morgan fingerprint density at radius 1 is 1.18 bits per heavy atom. The first-order valence-electron chi connectivity index (χ1n) is 10.6. The van der Waals surface area contributed by atoms with E-state index < -0.39 is 0 Å². The van der Waals surface area contributed by atoms with E-state index in [1.54, 1.807) is 6.07 Å². The minimum absolute atomic E-state index is 0.0150. The minimum Gasteiger partial charge on any atom is -0.361 e. The summed E-state index contributed by atoms with van der Waals surface area (Å²) in [6.07, 6.45) is 6.12. The summed E-state index contributed by atoms with van der Waals surface area (Å²) in [7, 11) is 0. The molecule has 0 radical (unpaired) electrons. The number of amides is 1. The molecule has 1 amide bonds. The van der Waals surface area contributed by atoms with Crippen molar-refractivity contribution in [3.05, 3.63) is 53.4 Å². The van der Waals surface area contributed by atoms with Crippen molar-refractivity contribution in [1.82, 2.24) is 15.0 Å². The van der Waals surface area contributed by atoms with E-state index in [4.69, 9.17) is 4.52 Å². The number of carbonyl (C=O) groups is 1. The van der Waals surface area contributed by atoms with Gasteiger partial charge in [-0.3, -0.25) is 9.69 Å². The zero-order valence-corrected chi connectivity index (χ0v) is 16.6. The molecule has 0 bridgehead atoms. The number of aryl methyl sites for hydroxylation is 1. The minimum atomic E-state index is 0.0150. The van der Waals surface area contributed by atoms with Gasteiger partial charge in [-0.05, 0) is 55.9 Å². The molecule has 5 heteroatoms. The third-order valence-corrected chi connectivity index (χ3v) is 6.97. The molecule has 3 heterocycles. The van der Waals surface area contributed by atoms with Crippen LogP contribution in [0.3, 0.4) is 0 Å². The predicted octanol–water partition coefficient (Wildman–Crippen LogP) is 3.86. The van der Waals surface area contributed by atoms with Gasteiger partial charge < -0.3 is 9.42 Å². The number of hydrogen-bond acceptors (Lipinski definition) is 4. The lowest BCUT2D eigenvalue weighted by Gasteiger charge is -2.50. The molecule has 1 aromatic carbocycles. The van der Waals surface area contributed by atoms with Crippen molar-refractivity contribution in [2.45, 2.75) is 51.0 Å². The Kier molecular flexibility index (Phi) is 4.50. The van der Waals surface area contributed by atoms with E-state index in [0.717, 1.165) is 32.0 Å². The van der Waals surface area contributed by atoms with Crippen molar-refractivity contribution in [2.24, 2.45) is 5.41 Å². The van der Waals surface area contributed by atoms with Crippen molar-refractivity contribution >= 4 is 5.91 Å². The summed E-state index contributed by atoms with van der Waals surface area (Å²) in [5.74, 6) is 1.31. The number of rotatable bonds is 3. The standard InChI is InChI=1S/C23H29N3O2/c1-17-13-21(24-28-17)22(27)25-11-9-23(10-12-25)14-19(18-5-3-2-4-6-18)15-26(16-23)20-7-8-20/h2-6,13,19-20H,7-12,14-16H2,1H3. The van der Waals surface area contributed by atoms with Crippen LogP contribution in [0.2, 0.25) is 0 Å². The summed E-state index contributed by atoms with van der Waals surface area (Å²) in [4.78, 5) is 17.5. The number of benzene rings is 1. The number of nitrogens with zero attached hydrogens (tertiary/aromatic N) is 3. The molecule has 5 rings (SSSR count). The molecule has 3 aliphatic rings. The second kappa shape index (κ2) is 7.03. The van der Waals surface area contributed by atoms with Crippen LogP contribution in [0.4, 0.5) is 0 Å². The molecule has 1 aromatic heterocycles. The van der Waals surface area contributed by atoms with Gasteiger partial charge in [0.05, 0.1) is 0 Å². The molecule has 5 nitrogen and oxygen atoms in total. The molecule has 2 saturated heterocycles. The van der Waals surface area contributed by atoms with E-state index in [-0.39, 0.29) is 5.91 Å². The Balaban J connectivity index is 1.31. The lowest BCUT2D eigenvalue weighted by Crippen LogP contribution is -2.53. The third-order valence-electron chi connectivity index (χ3n) is 6.97. The maximum Gasteiger partial charge on any atom is 0.276 e. The highest BCUT2D eigenvalue weighted by molar-refractivity contribution is 5.92. The molecule has 1 unspecified atom stereocenters. The van der Waals surface area contributed by atoms with Gasteiger partial charge in [-0.15, -0.1) is 0 Å². The van der Waals surface area contributed by atoms with Crippen LogP contribution in [-0.4, -0.2) is 53.1 Å². The summed E-state index contributed by atoms with van der Waals surface area (Å²) >= 11 is 0. The summed E-state index contributed by atoms with van der Waals surface area (Å²) in [5.41, 5.74) is 2.25. The van der Waals surface area contributed by atoms with Crippen molar-refractivity contribution in [3.63, 3.8) is 0 Å². The number of piperidine rings is 2. The monoisotopic (exact) mass is 379 g/mol. The molecule has 148 valence electrons. The van der Waals surface area contributed by atoms with Crippen LogP contribution in [0.5, 0.6) is 0 Å². The normalized spacial score (nSPS) is 25.2. The molecule has 1 aliphatic carbocycles. The van der Waals surface area contributed by atoms with Crippen LogP contribution in [-0.2, 0) is 0 Å². The summed E-state index contributed by atoms with van der Waals surface area (Å²) < 4.78 is 5.09. The van der Waals surface area contributed by atoms with E-state index in [0.29, 0.717) is 22.8 Å². The fourth-order valence-electron chi connectivity index (χ4n) is 5.27. The maximum atomic E-state index is 12.7. The lowest BCUT2D eigenvalue weighted by atomic mass is 9.68. The van der Waals surface area contributed by atoms with Gasteiger partial charge >= 0.3 is 0 Å². The first kappa shape index (κ1) is 17.9. The highest BCUT2D eigenvalue weighted by atomic mass is 16.5. The highest BCUT2D eigenvalue weighted by Crippen LogP contribution is 2.47. The molecule has 1 spiro atoms. The van der Waals surface area contributed by atoms with Gasteiger partial charge in [-0.2, -0.15) is 0 Å². The van der Waals surface area contributed by atoms with Crippen LogP contribution in [0.15, 0.2) is 40.9 Å². The summed E-state index contributed by atoms with van der Waals surface area (Å²) in [6.45, 7) is 5.87. The Labute approximate surface area is 166 Å². The van der Waals surface area contributed by atoms with Gasteiger partial charge in [0.15, 0.2) is 5.69 Å². The molecule has 0 N–H and O–H groups in total. The largest absolute Gasteiger partial charge is 0.361 e. The second-order valence-electron chi connectivity index (χ2n) is 9.09. The lowest BCUT2D eigenvalue weighted by molar-refractivity contribution is 0.0108. The molecule has 3 fully saturated rings. The SMILES string of the molecule is Cc1cc(C(=O)N2CCC3(CC2)CC(c2ccccc2)CN(C2CC2)C3)no1. The van der Waals surface area contributed by atoms with Gasteiger partial charge in [0.25, 0.3) is 5.91 Å². The van der Waals surface area contributed by atoms with Crippen LogP contribution in [0.1, 0.15) is 59.8 Å². The van der Waals surface area contributed by atoms with Gasteiger partial charge in [0.2, 0.25) is 0 Å². The average Bonchev–Trinajstić information content (AvgIpc) is 3.49. The number of hydrogen-bond donors (Lipinski definition) is 0. The van der Waals surface area contributed by atoms with Crippen LogP contribution in [0, 0.1) is 12.3 Å². The van der Waals surface area contributed by atoms with Gasteiger partial charge in [0, 0.05) is 38.3 Å². The Hall–Kier alpha value is -2.14. The number of aromatic nitrogens is 1. The highest BCUT2D eigenvalue weighted by Gasteiger charge is 2.46. The zero-order chi connectivity index (χ0) is 19.1. The first-order chi connectivity index (χ1) is 13.6. The van der Waals surface area contributed by atoms with Crippen molar-refractivity contribution in [1.29, 1.82) is 0 Å². The number of carbonyl (C=O) groups excluding carboxylic acids is 1. The topological polar surface area (TPSA) is 49.6 Å². The maximum absolute atomic E-state index is 12.7. The van der Waals surface area contributed by atoms with Crippen LogP contribution >= 0.6 is 0 Å². The average molecular weight is 380 g/mol. The van der Waals surface area contributed by atoms with Gasteiger partial charge in [-0.25, -0.2) is 0 Å². The summed E-state index contributed by atoms with van der Waals surface area (Å²) in [5, 5.41) is 3.92. The van der Waals surface area contributed by atoms with E-state index in [2.05, 4.69) is 40.4 Å².